The maximum atomic E-state index is 13.0. The van der Waals surface area contributed by atoms with Crippen molar-refractivity contribution in [1.29, 1.82) is 0 Å². The van der Waals surface area contributed by atoms with Crippen LogP contribution in [0.15, 0.2) is 42.5 Å². The van der Waals surface area contributed by atoms with Gasteiger partial charge >= 0.3 is 0 Å². The van der Waals surface area contributed by atoms with Crippen molar-refractivity contribution < 1.29 is 13.9 Å². The van der Waals surface area contributed by atoms with Crippen LogP contribution in [0.1, 0.15) is 18.6 Å². The number of rotatable bonds is 2. The van der Waals surface area contributed by atoms with Crippen LogP contribution in [0, 0.1) is 11.6 Å². The molecule has 88 valence electrons. The smallest absolute Gasteiger partial charge is 0.126 e. The van der Waals surface area contributed by atoms with Crippen molar-refractivity contribution in [3.05, 3.63) is 59.7 Å². The van der Waals surface area contributed by atoms with E-state index in [0.717, 1.165) is 11.6 Å². The fourth-order valence-electron chi connectivity index (χ4n) is 1.67. The summed E-state index contributed by atoms with van der Waals surface area (Å²) in [6.07, 6.45) is -0.548. The number of aliphatic hydroxyl groups is 1. The molecular formula is C14H12F2O. The first-order chi connectivity index (χ1) is 8.06. The molecule has 0 saturated heterocycles. The van der Waals surface area contributed by atoms with Crippen LogP contribution >= 0.6 is 0 Å². The van der Waals surface area contributed by atoms with Crippen molar-refractivity contribution in [1.82, 2.24) is 0 Å². The Morgan fingerprint density at radius 3 is 1.88 bits per heavy atom. The van der Waals surface area contributed by atoms with E-state index in [1.807, 2.05) is 0 Å². The Kier molecular flexibility index (Phi) is 3.20. The summed E-state index contributed by atoms with van der Waals surface area (Å²) in [5.41, 5.74) is 1.97. The first kappa shape index (κ1) is 11.7. The van der Waals surface area contributed by atoms with Gasteiger partial charge in [0.25, 0.3) is 0 Å². The molecule has 1 nitrogen and oxygen atoms in total. The predicted octanol–water partition coefficient (Wildman–Crippen LogP) is 3.69. The Bertz CT molecular complexity index is 498. The maximum Gasteiger partial charge on any atom is 0.126 e. The van der Waals surface area contributed by atoms with Gasteiger partial charge < -0.3 is 5.11 Å². The molecular weight excluding hydrogens is 222 g/mol. The zero-order chi connectivity index (χ0) is 12.4. The van der Waals surface area contributed by atoms with Crippen LogP contribution in [0.5, 0.6) is 0 Å². The van der Waals surface area contributed by atoms with Crippen LogP contribution in [0.2, 0.25) is 0 Å². The molecule has 0 heterocycles. The van der Waals surface area contributed by atoms with Crippen molar-refractivity contribution >= 4 is 0 Å². The number of halogens is 2. The molecule has 0 aliphatic carbocycles. The van der Waals surface area contributed by atoms with E-state index in [-0.39, 0.29) is 0 Å². The lowest BCUT2D eigenvalue weighted by molar-refractivity contribution is 0.199. The Balaban J connectivity index is 2.39. The lowest BCUT2D eigenvalue weighted by Crippen LogP contribution is -1.90. The molecule has 0 fully saturated rings. The molecule has 0 bridgehead atoms. The van der Waals surface area contributed by atoms with E-state index in [0.29, 0.717) is 11.1 Å². The molecule has 0 radical (unpaired) electrons. The van der Waals surface area contributed by atoms with Crippen molar-refractivity contribution in [2.24, 2.45) is 0 Å². The molecule has 0 spiro atoms. The van der Waals surface area contributed by atoms with Gasteiger partial charge in [-0.1, -0.05) is 24.3 Å². The summed E-state index contributed by atoms with van der Waals surface area (Å²) in [7, 11) is 0. The quantitative estimate of drug-likeness (QED) is 0.840. The Morgan fingerprint density at radius 2 is 1.41 bits per heavy atom. The maximum absolute atomic E-state index is 13.0. The molecule has 0 aliphatic heterocycles. The fourth-order valence-corrected chi connectivity index (χ4v) is 1.67. The van der Waals surface area contributed by atoms with Crippen LogP contribution in [0.25, 0.3) is 11.1 Å². The van der Waals surface area contributed by atoms with Gasteiger partial charge in [-0.3, -0.25) is 0 Å². The third kappa shape index (κ3) is 2.68. The molecule has 0 saturated carbocycles. The summed E-state index contributed by atoms with van der Waals surface area (Å²) in [6.45, 7) is 1.66. The second-order valence-electron chi connectivity index (χ2n) is 3.96. The largest absolute Gasteiger partial charge is 0.389 e. The van der Waals surface area contributed by atoms with Crippen LogP contribution in [-0.2, 0) is 0 Å². The molecule has 0 amide bonds. The number of hydrogen-bond donors (Lipinski definition) is 1. The van der Waals surface area contributed by atoms with Gasteiger partial charge in [0, 0.05) is 6.07 Å². The van der Waals surface area contributed by atoms with Gasteiger partial charge in [0.1, 0.15) is 11.6 Å². The monoisotopic (exact) mass is 234 g/mol. The summed E-state index contributed by atoms with van der Waals surface area (Å²) in [4.78, 5) is 0. The van der Waals surface area contributed by atoms with Crippen molar-refractivity contribution in [2.75, 3.05) is 0 Å². The first-order valence-electron chi connectivity index (χ1n) is 5.31. The first-order valence-corrected chi connectivity index (χ1v) is 5.31. The van der Waals surface area contributed by atoms with E-state index in [1.165, 1.54) is 12.1 Å². The van der Waals surface area contributed by atoms with E-state index in [9.17, 15) is 13.9 Å². The zero-order valence-corrected chi connectivity index (χ0v) is 9.32. The number of benzene rings is 2. The standard InChI is InChI=1S/C14H12F2O/c1-9(17)10-2-4-11(5-3-10)12-6-13(15)8-14(16)7-12/h2-9,17H,1H3/t9-/m0/s1. The highest BCUT2D eigenvalue weighted by Crippen LogP contribution is 2.23. The van der Waals surface area contributed by atoms with E-state index < -0.39 is 17.7 Å². The van der Waals surface area contributed by atoms with Gasteiger partial charge in [-0.15, -0.1) is 0 Å². The highest BCUT2D eigenvalue weighted by Gasteiger charge is 2.04. The van der Waals surface area contributed by atoms with Gasteiger partial charge in [0.2, 0.25) is 0 Å². The minimum atomic E-state index is -0.598. The van der Waals surface area contributed by atoms with Crippen LogP contribution in [-0.4, -0.2) is 5.11 Å². The number of hydrogen-bond acceptors (Lipinski definition) is 1. The van der Waals surface area contributed by atoms with Crippen molar-refractivity contribution in [3.63, 3.8) is 0 Å². The van der Waals surface area contributed by atoms with Gasteiger partial charge in [-0.25, -0.2) is 8.78 Å². The van der Waals surface area contributed by atoms with Crippen LogP contribution in [0.4, 0.5) is 8.78 Å². The average molecular weight is 234 g/mol. The molecule has 1 N–H and O–H groups in total. The Hall–Kier alpha value is -1.74. The topological polar surface area (TPSA) is 20.2 Å². The number of aliphatic hydroxyl groups excluding tert-OH is 1. The van der Waals surface area contributed by atoms with Crippen molar-refractivity contribution in [3.8, 4) is 11.1 Å². The van der Waals surface area contributed by atoms with E-state index in [1.54, 1.807) is 31.2 Å². The molecule has 2 rings (SSSR count). The van der Waals surface area contributed by atoms with E-state index in [2.05, 4.69) is 0 Å². The van der Waals surface area contributed by atoms with E-state index in [4.69, 9.17) is 0 Å². The minimum Gasteiger partial charge on any atom is -0.389 e. The lowest BCUT2D eigenvalue weighted by atomic mass is 10.0. The second-order valence-corrected chi connectivity index (χ2v) is 3.96. The van der Waals surface area contributed by atoms with Gasteiger partial charge in [0.15, 0.2) is 0 Å². The summed E-state index contributed by atoms with van der Waals surface area (Å²) in [5, 5.41) is 9.35. The zero-order valence-electron chi connectivity index (χ0n) is 9.32. The molecule has 0 aliphatic rings. The lowest BCUT2D eigenvalue weighted by Gasteiger charge is -2.07. The minimum absolute atomic E-state index is 0.486. The summed E-state index contributed by atoms with van der Waals surface area (Å²) < 4.78 is 26.1. The average Bonchev–Trinajstić information content (AvgIpc) is 2.28. The molecule has 17 heavy (non-hydrogen) atoms. The predicted molar refractivity (Wildman–Crippen MR) is 62.4 cm³/mol. The van der Waals surface area contributed by atoms with Gasteiger partial charge in [0.05, 0.1) is 6.10 Å². The molecule has 1 atom stereocenters. The third-order valence-corrected chi connectivity index (χ3v) is 2.59. The highest BCUT2D eigenvalue weighted by molar-refractivity contribution is 5.63. The SMILES string of the molecule is C[C@H](O)c1ccc(-c2cc(F)cc(F)c2)cc1. The van der Waals surface area contributed by atoms with Crippen LogP contribution in [0.3, 0.4) is 0 Å². The summed E-state index contributed by atoms with van der Waals surface area (Å²) >= 11 is 0. The molecule has 0 unspecified atom stereocenters. The molecule has 3 heteroatoms. The Labute approximate surface area is 98.3 Å². The van der Waals surface area contributed by atoms with E-state index >= 15 is 0 Å². The highest BCUT2D eigenvalue weighted by atomic mass is 19.1. The van der Waals surface area contributed by atoms with Crippen LogP contribution < -0.4 is 0 Å². The fraction of sp³-hybridized carbons (Fsp3) is 0.143. The summed E-state index contributed by atoms with van der Waals surface area (Å²) in [6, 6.07) is 10.3. The van der Waals surface area contributed by atoms with Crippen molar-refractivity contribution in [2.45, 2.75) is 13.0 Å². The third-order valence-electron chi connectivity index (χ3n) is 2.59. The molecule has 2 aromatic rings. The van der Waals surface area contributed by atoms with Gasteiger partial charge in [-0.05, 0) is 35.7 Å². The molecule has 0 aromatic heterocycles. The Morgan fingerprint density at radius 1 is 0.882 bits per heavy atom. The second kappa shape index (κ2) is 4.63. The summed E-state index contributed by atoms with van der Waals surface area (Å²) in [5.74, 6) is -1.20. The normalized spacial score (nSPS) is 12.5. The van der Waals surface area contributed by atoms with Gasteiger partial charge in [-0.2, -0.15) is 0 Å². The molecule has 2 aromatic carbocycles.